The van der Waals surface area contributed by atoms with E-state index in [0.717, 1.165) is 23.6 Å². The van der Waals surface area contributed by atoms with Crippen LogP contribution in [0.5, 0.6) is 0 Å². The first-order chi connectivity index (χ1) is 11.5. The fourth-order valence-corrected chi connectivity index (χ4v) is 2.67. The number of nitrogens with zero attached hydrogens (tertiary/aromatic N) is 2. The van der Waals surface area contributed by atoms with E-state index >= 15 is 0 Å². The van der Waals surface area contributed by atoms with Gasteiger partial charge in [-0.2, -0.15) is 5.10 Å². The smallest absolute Gasteiger partial charge is 0.271 e. The zero-order valence-corrected chi connectivity index (χ0v) is 13.3. The summed E-state index contributed by atoms with van der Waals surface area (Å²) in [4.78, 5) is 0. The van der Waals surface area contributed by atoms with Crippen molar-refractivity contribution in [2.75, 3.05) is 0 Å². The maximum absolute atomic E-state index is 13.8. The zero-order valence-electron chi connectivity index (χ0n) is 13.3. The van der Waals surface area contributed by atoms with Gasteiger partial charge in [-0.3, -0.25) is 4.68 Å². The van der Waals surface area contributed by atoms with Crippen LogP contribution in [0.25, 0.3) is 11.1 Å². The Morgan fingerprint density at radius 1 is 1.04 bits per heavy atom. The lowest BCUT2D eigenvalue weighted by Crippen LogP contribution is -2.08. The van der Waals surface area contributed by atoms with E-state index < -0.39 is 5.92 Å². The van der Waals surface area contributed by atoms with Gasteiger partial charge in [0.2, 0.25) is 0 Å². The van der Waals surface area contributed by atoms with Crippen LogP contribution < -0.4 is 0 Å². The average Bonchev–Trinajstić information content (AvgIpc) is 3.02. The van der Waals surface area contributed by atoms with E-state index in [0.29, 0.717) is 12.1 Å². The molecule has 0 atom stereocenters. The lowest BCUT2D eigenvalue weighted by Gasteiger charge is -2.16. The summed E-state index contributed by atoms with van der Waals surface area (Å²) in [5, 5.41) is 13.2. The van der Waals surface area contributed by atoms with Crippen molar-refractivity contribution in [1.82, 2.24) is 9.78 Å². The van der Waals surface area contributed by atoms with Crippen LogP contribution in [0, 0.1) is 0 Å². The first-order valence-electron chi connectivity index (χ1n) is 7.66. The number of hydrogen-bond acceptors (Lipinski definition) is 2. The highest BCUT2D eigenvalue weighted by atomic mass is 19.3. The van der Waals surface area contributed by atoms with Crippen LogP contribution in [-0.2, 0) is 19.1 Å². The van der Waals surface area contributed by atoms with Crippen LogP contribution in [0.1, 0.15) is 23.6 Å². The Hall–Kier alpha value is -2.53. The Kier molecular flexibility index (Phi) is 4.44. The molecule has 1 aromatic heterocycles. The van der Waals surface area contributed by atoms with Crippen LogP contribution in [0.4, 0.5) is 8.78 Å². The predicted octanol–water partition coefficient (Wildman–Crippen LogP) is 4.20. The normalized spacial score (nSPS) is 11.7. The summed E-state index contributed by atoms with van der Waals surface area (Å²) < 4.78 is 29.3. The van der Waals surface area contributed by atoms with E-state index in [4.69, 9.17) is 5.11 Å². The number of hydrogen-bond donors (Lipinski definition) is 1. The van der Waals surface area contributed by atoms with Crippen LogP contribution in [0.15, 0.2) is 60.9 Å². The molecule has 24 heavy (non-hydrogen) atoms. The maximum atomic E-state index is 13.8. The Labute approximate surface area is 139 Å². The van der Waals surface area contributed by atoms with Crippen molar-refractivity contribution in [3.8, 4) is 11.1 Å². The molecule has 0 aliphatic carbocycles. The van der Waals surface area contributed by atoms with Gasteiger partial charge in [0.1, 0.15) is 0 Å². The van der Waals surface area contributed by atoms with E-state index in [-0.39, 0.29) is 12.2 Å². The van der Waals surface area contributed by atoms with Gasteiger partial charge in [0.05, 0.1) is 19.3 Å². The fraction of sp³-hybridized carbons (Fsp3) is 0.211. The molecule has 5 heteroatoms. The largest absolute Gasteiger partial charge is 0.392 e. The second-order valence-corrected chi connectivity index (χ2v) is 5.84. The molecule has 0 unspecified atom stereocenters. The van der Waals surface area contributed by atoms with Crippen molar-refractivity contribution in [2.45, 2.75) is 26.0 Å². The van der Waals surface area contributed by atoms with Gasteiger partial charge in [-0.25, -0.2) is 8.78 Å². The number of halogens is 2. The van der Waals surface area contributed by atoms with E-state index in [1.807, 2.05) is 24.3 Å². The molecular formula is C19H18F2N2O. The SMILES string of the molecule is CC(F)(F)c1ccccc1-c1ccc(Cn2cc(CO)cn2)cc1. The number of alkyl halides is 2. The maximum Gasteiger partial charge on any atom is 0.271 e. The molecule has 0 radical (unpaired) electrons. The highest BCUT2D eigenvalue weighted by Crippen LogP contribution is 2.35. The highest BCUT2D eigenvalue weighted by molar-refractivity contribution is 5.68. The van der Waals surface area contributed by atoms with Gasteiger partial charge in [0.25, 0.3) is 5.92 Å². The Morgan fingerprint density at radius 3 is 2.38 bits per heavy atom. The molecule has 2 aromatic carbocycles. The second-order valence-electron chi connectivity index (χ2n) is 5.84. The summed E-state index contributed by atoms with van der Waals surface area (Å²) in [5.41, 5.74) is 3.08. The number of aromatic nitrogens is 2. The van der Waals surface area contributed by atoms with Gasteiger partial charge in [-0.05, 0) is 16.7 Å². The summed E-state index contributed by atoms with van der Waals surface area (Å²) in [6.45, 7) is 1.43. The second kappa shape index (κ2) is 6.53. The quantitative estimate of drug-likeness (QED) is 0.762. The molecule has 3 rings (SSSR count). The van der Waals surface area contributed by atoms with Crippen molar-refractivity contribution in [3.63, 3.8) is 0 Å². The molecule has 0 fully saturated rings. The van der Waals surface area contributed by atoms with Crippen molar-refractivity contribution >= 4 is 0 Å². The Bertz CT molecular complexity index is 820. The van der Waals surface area contributed by atoms with Gasteiger partial charge in [-0.1, -0.05) is 48.5 Å². The summed E-state index contributed by atoms with van der Waals surface area (Å²) in [6, 6.07) is 14.1. The third kappa shape index (κ3) is 3.51. The molecule has 1 heterocycles. The van der Waals surface area contributed by atoms with Gasteiger partial charge >= 0.3 is 0 Å². The minimum Gasteiger partial charge on any atom is -0.392 e. The van der Waals surface area contributed by atoms with Crippen molar-refractivity contribution < 1.29 is 13.9 Å². The van der Waals surface area contributed by atoms with Gasteiger partial charge in [0, 0.05) is 24.2 Å². The number of benzene rings is 2. The molecule has 3 aromatic rings. The molecule has 3 nitrogen and oxygen atoms in total. The van der Waals surface area contributed by atoms with E-state index in [2.05, 4.69) is 5.10 Å². The van der Waals surface area contributed by atoms with Crippen molar-refractivity contribution in [3.05, 3.63) is 77.6 Å². The molecule has 0 spiro atoms. The molecule has 1 N–H and O–H groups in total. The van der Waals surface area contributed by atoms with E-state index in [1.54, 1.807) is 35.3 Å². The average molecular weight is 328 g/mol. The summed E-state index contributed by atoms with van der Waals surface area (Å²) in [6.07, 6.45) is 3.40. The Morgan fingerprint density at radius 2 is 1.75 bits per heavy atom. The third-order valence-electron chi connectivity index (χ3n) is 3.88. The van der Waals surface area contributed by atoms with Gasteiger partial charge < -0.3 is 5.11 Å². The molecule has 0 aliphatic rings. The highest BCUT2D eigenvalue weighted by Gasteiger charge is 2.27. The van der Waals surface area contributed by atoms with Gasteiger partial charge in [-0.15, -0.1) is 0 Å². The van der Waals surface area contributed by atoms with Crippen LogP contribution in [0.2, 0.25) is 0 Å². The van der Waals surface area contributed by atoms with E-state index in [9.17, 15) is 8.78 Å². The van der Waals surface area contributed by atoms with Crippen LogP contribution in [-0.4, -0.2) is 14.9 Å². The Balaban J connectivity index is 1.85. The topological polar surface area (TPSA) is 38.0 Å². The molecule has 0 saturated heterocycles. The predicted molar refractivity (Wildman–Crippen MR) is 88.7 cm³/mol. The molecule has 0 saturated carbocycles. The monoisotopic (exact) mass is 328 g/mol. The summed E-state index contributed by atoms with van der Waals surface area (Å²) in [5.74, 6) is -2.88. The van der Waals surface area contributed by atoms with Gasteiger partial charge in [0.15, 0.2) is 0 Å². The molecule has 124 valence electrons. The number of rotatable bonds is 5. The number of aliphatic hydroxyl groups excluding tert-OH is 1. The third-order valence-corrected chi connectivity index (χ3v) is 3.88. The first-order valence-corrected chi connectivity index (χ1v) is 7.66. The number of aliphatic hydroxyl groups is 1. The standard InChI is InChI=1S/C19H18F2N2O/c1-19(20,21)18-5-3-2-4-17(18)16-8-6-14(7-9-16)11-23-12-15(13-24)10-22-23/h2-10,12,24H,11,13H2,1H3. The minimum atomic E-state index is -2.88. The molecule has 0 amide bonds. The van der Waals surface area contributed by atoms with E-state index in [1.165, 1.54) is 6.07 Å². The summed E-state index contributed by atoms with van der Waals surface area (Å²) >= 11 is 0. The zero-order chi connectivity index (χ0) is 17.2. The summed E-state index contributed by atoms with van der Waals surface area (Å²) in [7, 11) is 0. The minimum absolute atomic E-state index is 0.0254. The molecule has 0 aliphatic heterocycles. The van der Waals surface area contributed by atoms with Crippen LogP contribution >= 0.6 is 0 Å². The lowest BCUT2D eigenvalue weighted by molar-refractivity contribution is 0.0181. The van der Waals surface area contributed by atoms with Crippen molar-refractivity contribution in [2.24, 2.45) is 0 Å². The fourth-order valence-electron chi connectivity index (χ4n) is 2.67. The molecule has 0 bridgehead atoms. The first kappa shape index (κ1) is 16.3. The molecular weight excluding hydrogens is 310 g/mol. The van der Waals surface area contributed by atoms with Crippen molar-refractivity contribution in [1.29, 1.82) is 0 Å². The van der Waals surface area contributed by atoms with Crippen LogP contribution in [0.3, 0.4) is 0 Å². The lowest BCUT2D eigenvalue weighted by atomic mass is 9.95.